The summed E-state index contributed by atoms with van der Waals surface area (Å²) in [5.74, 6) is -1.49. The van der Waals surface area contributed by atoms with Crippen molar-refractivity contribution >= 4 is 18.0 Å². The first kappa shape index (κ1) is 13.1. The van der Waals surface area contributed by atoms with E-state index in [9.17, 15) is 19.5 Å². The first-order valence-corrected chi connectivity index (χ1v) is 4.94. The highest BCUT2D eigenvalue weighted by Gasteiger charge is 2.17. The van der Waals surface area contributed by atoms with Crippen molar-refractivity contribution in [1.29, 1.82) is 0 Å². The average molecular weight is 236 g/mol. The number of aliphatic carboxylic acids is 1. The van der Waals surface area contributed by atoms with Crippen LogP contribution in [0, 0.1) is 0 Å². The van der Waals surface area contributed by atoms with Crippen LogP contribution in [-0.4, -0.2) is 28.3 Å². The van der Waals surface area contributed by atoms with Gasteiger partial charge in [-0.2, -0.15) is 0 Å². The van der Waals surface area contributed by atoms with Gasteiger partial charge in [0.25, 0.3) is 0 Å². The van der Waals surface area contributed by atoms with Gasteiger partial charge in [0.15, 0.2) is 6.10 Å². The molecule has 1 aromatic carbocycles. The molecule has 2 N–H and O–H groups in total. The molecule has 0 radical (unpaired) electrons. The van der Waals surface area contributed by atoms with Gasteiger partial charge in [0.2, 0.25) is 0 Å². The Labute approximate surface area is 97.7 Å². The number of aldehydes is 1. The fourth-order valence-electron chi connectivity index (χ4n) is 1.46. The van der Waals surface area contributed by atoms with Crippen LogP contribution in [0.4, 0.5) is 0 Å². The number of aliphatic hydroxyl groups is 1. The van der Waals surface area contributed by atoms with Crippen LogP contribution < -0.4 is 0 Å². The maximum Gasteiger partial charge on any atom is 0.337 e. The molecule has 0 fully saturated rings. The monoisotopic (exact) mass is 236 g/mol. The van der Waals surface area contributed by atoms with Crippen molar-refractivity contribution in [2.75, 3.05) is 0 Å². The van der Waals surface area contributed by atoms with Gasteiger partial charge in [-0.15, -0.1) is 0 Å². The molecule has 5 heteroatoms. The Morgan fingerprint density at radius 1 is 1.41 bits per heavy atom. The summed E-state index contributed by atoms with van der Waals surface area (Å²) < 4.78 is 0. The minimum Gasteiger partial charge on any atom is -0.479 e. The lowest BCUT2D eigenvalue weighted by Crippen LogP contribution is -2.11. The Bertz CT molecular complexity index is 464. The van der Waals surface area contributed by atoms with E-state index in [2.05, 4.69) is 0 Å². The van der Waals surface area contributed by atoms with E-state index < -0.39 is 12.1 Å². The molecule has 0 saturated heterocycles. The SMILES string of the molecule is CC(=O)Cc1ccc(C(O)C(=O)O)cc1C=O. The van der Waals surface area contributed by atoms with Crippen molar-refractivity contribution in [3.63, 3.8) is 0 Å². The Morgan fingerprint density at radius 3 is 2.53 bits per heavy atom. The molecular weight excluding hydrogens is 224 g/mol. The Hall–Kier alpha value is -2.01. The lowest BCUT2D eigenvalue weighted by molar-refractivity contribution is -0.147. The van der Waals surface area contributed by atoms with E-state index in [-0.39, 0.29) is 23.3 Å². The highest BCUT2D eigenvalue weighted by atomic mass is 16.4. The molecule has 1 aromatic rings. The van der Waals surface area contributed by atoms with E-state index in [0.29, 0.717) is 11.8 Å². The van der Waals surface area contributed by atoms with Gasteiger partial charge in [-0.25, -0.2) is 4.79 Å². The summed E-state index contributed by atoms with van der Waals surface area (Å²) in [5.41, 5.74) is 0.860. The van der Waals surface area contributed by atoms with Crippen molar-refractivity contribution in [1.82, 2.24) is 0 Å². The lowest BCUT2D eigenvalue weighted by Gasteiger charge is -2.09. The first-order chi connectivity index (χ1) is 7.95. The zero-order valence-corrected chi connectivity index (χ0v) is 9.21. The standard InChI is InChI=1S/C12H12O5/c1-7(14)4-8-2-3-9(5-10(8)6-13)11(15)12(16)17/h2-3,5-6,11,15H,4H2,1H3,(H,16,17). The van der Waals surface area contributed by atoms with Gasteiger partial charge < -0.3 is 10.2 Å². The molecule has 0 aliphatic rings. The van der Waals surface area contributed by atoms with Crippen LogP contribution >= 0.6 is 0 Å². The van der Waals surface area contributed by atoms with E-state index in [0.717, 1.165) is 0 Å². The van der Waals surface area contributed by atoms with Crippen molar-refractivity contribution in [3.8, 4) is 0 Å². The molecule has 5 nitrogen and oxygen atoms in total. The van der Waals surface area contributed by atoms with E-state index >= 15 is 0 Å². The second-order valence-corrected chi connectivity index (χ2v) is 3.70. The smallest absolute Gasteiger partial charge is 0.337 e. The number of hydrogen-bond acceptors (Lipinski definition) is 4. The number of aliphatic hydroxyl groups excluding tert-OH is 1. The average Bonchev–Trinajstić information content (AvgIpc) is 2.27. The minimum absolute atomic E-state index is 0.0976. The number of benzene rings is 1. The molecule has 1 rings (SSSR count). The van der Waals surface area contributed by atoms with Crippen LogP contribution in [0.1, 0.15) is 34.5 Å². The van der Waals surface area contributed by atoms with Crippen LogP contribution in [0.2, 0.25) is 0 Å². The van der Waals surface area contributed by atoms with Gasteiger partial charge in [0.1, 0.15) is 12.1 Å². The second-order valence-electron chi connectivity index (χ2n) is 3.70. The third-order valence-electron chi connectivity index (χ3n) is 2.29. The topological polar surface area (TPSA) is 91.7 Å². The zero-order chi connectivity index (χ0) is 13.0. The normalized spacial score (nSPS) is 11.9. The second kappa shape index (κ2) is 5.36. The molecule has 0 saturated carbocycles. The molecule has 0 amide bonds. The predicted octanol–water partition coefficient (Wildman–Crippen LogP) is 0.749. The largest absolute Gasteiger partial charge is 0.479 e. The molecule has 0 heterocycles. The number of carbonyl (C=O) groups excluding carboxylic acids is 2. The molecule has 0 spiro atoms. The maximum absolute atomic E-state index is 10.9. The van der Waals surface area contributed by atoms with E-state index in [4.69, 9.17) is 5.11 Å². The Kier molecular flexibility index (Phi) is 4.12. The van der Waals surface area contributed by atoms with Crippen LogP contribution in [0.3, 0.4) is 0 Å². The number of hydrogen-bond donors (Lipinski definition) is 2. The Balaban J connectivity index is 3.12. The summed E-state index contributed by atoms with van der Waals surface area (Å²) in [6, 6.07) is 4.15. The zero-order valence-electron chi connectivity index (χ0n) is 9.21. The summed E-state index contributed by atoms with van der Waals surface area (Å²) in [6.07, 6.45) is -1.02. The highest BCUT2D eigenvalue weighted by molar-refractivity contribution is 5.85. The summed E-state index contributed by atoms with van der Waals surface area (Å²) in [5, 5.41) is 17.9. The number of carboxylic acid groups (broad SMARTS) is 1. The number of carboxylic acids is 1. The third-order valence-corrected chi connectivity index (χ3v) is 2.29. The molecule has 90 valence electrons. The predicted molar refractivity (Wildman–Crippen MR) is 58.8 cm³/mol. The quantitative estimate of drug-likeness (QED) is 0.736. The van der Waals surface area contributed by atoms with Gasteiger partial charge >= 0.3 is 5.97 Å². The van der Waals surface area contributed by atoms with Crippen molar-refractivity contribution in [2.24, 2.45) is 0 Å². The van der Waals surface area contributed by atoms with Gasteiger partial charge in [-0.3, -0.25) is 9.59 Å². The number of rotatable bonds is 5. The minimum atomic E-state index is -1.67. The summed E-state index contributed by atoms with van der Waals surface area (Å²) >= 11 is 0. The van der Waals surface area contributed by atoms with Crippen LogP contribution in [0.15, 0.2) is 18.2 Å². The van der Waals surface area contributed by atoms with Crippen molar-refractivity contribution in [2.45, 2.75) is 19.4 Å². The molecule has 1 atom stereocenters. The number of carbonyl (C=O) groups is 3. The van der Waals surface area contributed by atoms with Crippen LogP contribution in [0.5, 0.6) is 0 Å². The summed E-state index contributed by atoms with van der Waals surface area (Å²) in [7, 11) is 0. The first-order valence-electron chi connectivity index (χ1n) is 4.94. The molecule has 0 aromatic heterocycles. The molecule has 0 aliphatic heterocycles. The van der Waals surface area contributed by atoms with Crippen LogP contribution in [-0.2, 0) is 16.0 Å². The molecular formula is C12H12O5. The maximum atomic E-state index is 10.9. The Morgan fingerprint density at radius 2 is 2.06 bits per heavy atom. The molecule has 0 aliphatic carbocycles. The highest BCUT2D eigenvalue weighted by Crippen LogP contribution is 2.18. The van der Waals surface area contributed by atoms with Gasteiger partial charge in [-0.1, -0.05) is 12.1 Å². The molecule has 1 unspecified atom stereocenters. The van der Waals surface area contributed by atoms with E-state index in [1.54, 1.807) is 0 Å². The lowest BCUT2D eigenvalue weighted by atomic mass is 9.98. The fourth-order valence-corrected chi connectivity index (χ4v) is 1.46. The van der Waals surface area contributed by atoms with Crippen molar-refractivity contribution in [3.05, 3.63) is 34.9 Å². The molecule has 0 bridgehead atoms. The van der Waals surface area contributed by atoms with E-state index in [1.807, 2.05) is 0 Å². The van der Waals surface area contributed by atoms with E-state index in [1.165, 1.54) is 25.1 Å². The number of ketones is 1. The van der Waals surface area contributed by atoms with Gasteiger partial charge in [-0.05, 0) is 24.1 Å². The molecule has 17 heavy (non-hydrogen) atoms. The summed E-state index contributed by atoms with van der Waals surface area (Å²) in [6.45, 7) is 1.40. The number of Topliss-reactive ketones (excluding diaryl/α,β-unsaturated/α-hetero) is 1. The fraction of sp³-hybridized carbons (Fsp3) is 0.250. The van der Waals surface area contributed by atoms with Crippen LogP contribution in [0.25, 0.3) is 0 Å². The third kappa shape index (κ3) is 3.22. The van der Waals surface area contributed by atoms with Crippen molar-refractivity contribution < 1.29 is 24.6 Å². The summed E-state index contributed by atoms with van der Waals surface area (Å²) in [4.78, 5) is 32.3. The van der Waals surface area contributed by atoms with Gasteiger partial charge in [0, 0.05) is 12.0 Å². The van der Waals surface area contributed by atoms with Gasteiger partial charge in [0.05, 0.1) is 0 Å².